The summed E-state index contributed by atoms with van der Waals surface area (Å²) in [5.41, 5.74) is 10.4. The maximum atomic E-state index is 9.88. The minimum absolute atomic E-state index is 0.262. The second-order valence-corrected chi connectivity index (χ2v) is 4.15. The smallest absolute Gasteiger partial charge is 0.0813 e. The molecule has 0 spiro atoms. The molecule has 3 unspecified atom stereocenters. The summed E-state index contributed by atoms with van der Waals surface area (Å²) in [6.45, 7) is 4.21. The van der Waals surface area contributed by atoms with Gasteiger partial charge in [0.25, 0.3) is 0 Å². The molecule has 0 fully saturated rings. The molecule has 3 atom stereocenters. The number of nitrogens with two attached hydrogens (primary N) is 2. The van der Waals surface area contributed by atoms with Gasteiger partial charge in [0.05, 0.1) is 5.60 Å². The number of hydrogen-bond acceptors (Lipinski definition) is 3. The highest BCUT2D eigenvalue weighted by molar-refractivity contribution is 5.15. The Morgan fingerprint density at radius 3 is 2.58 bits per heavy atom. The van der Waals surface area contributed by atoms with Crippen molar-refractivity contribution in [1.82, 2.24) is 0 Å². The van der Waals surface area contributed by atoms with Crippen LogP contribution in [-0.4, -0.2) is 23.3 Å². The maximum Gasteiger partial charge on any atom is 0.0813 e. The van der Waals surface area contributed by atoms with Gasteiger partial charge in [0, 0.05) is 18.0 Å². The second kappa shape index (κ2) is 2.83. The van der Waals surface area contributed by atoms with Crippen LogP contribution in [0.2, 0.25) is 0 Å². The minimum Gasteiger partial charge on any atom is -0.388 e. The molecule has 0 aliphatic heterocycles. The van der Waals surface area contributed by atoms with E-state index in [-0.39, 0.29) is 11.5 Å². The van der Waals surface area contributed by atoms with E-state index in [2.05, 4.69) is 0 Å². The van der Waals surface area contributed by atoms with Crippen LogP contribution in [0.1, 0.15) is 20.3 Å². The molecule has 0 heterocycles. The number of aliphatic hydroxyl groups is 1. The predicted octanol–water partition coefficient (Wildman–Crippen LogP) is -0.0104. The molecule has 1 aliphatic carbocycles. The normalized spacial score (nSPS) is 47.9. The van der Waals surface area contributed by atoms with Crippen molar-refractivity contribution >= 4 is 0 Å². The molecule has 1 aliphatic rings. The first-order valence-corrected chi connectivity index (χ1v) is 4.28. The Kier molecular flexibility index (Phi) is 2.29. The minimum atomic E-state index is -0.817. The van der Waals surface area contributed by atoms with Crippen LogP contribution >= 0.6 is 0 Å². The van der Waals surface area contributed by atoms with Gasteiger partial charge in [-0.2, -0.15) is 0 Å². The largest absolute Gasteiger partial charge is 0.388 e. The average molecular weight is 170 g/mol. The van der Waals surface area contributed by atoms with Gasteiger partial charge in [-0.1, -0.05) is 19.1 Å². The van der Waals surface area contributed by atoms with E-state index in [0.717, 1.165) is 0 Å². The molecular weight excluding hydrogens is 152 g/mol. The summed E-state index contributed by atoms with van der Waals surface area (Å²) in [5, 5.41) is 9.88. The van der Waals surface area contributed by atoms with Gasteiger partial charge in [-0.05, 0) is 13.3 Å². The molecular formula is C9H18N2O. The van der Waals surface area contributed by atoms with Crippen molar-refractivity contribution in [2.75, 3.05) is 6.54 Å². The Morgan fingerprint density at radius 2 is 2.17 bits per heavy atom. The van der Waals surface area contributed by atoms with Crippen LogP contribution in [0.15, 0.2) is 12.2 Å². The Labute approximate surface area is 73.4 Å². The van der Waals surface area contributed by atoms with Crippen molar-refractivity contribution in [3.8, 4) is 0 Å². The first kappa shape index (κ1) is 9.71. The quantitative estimate of drug-likeness (QED) is 0.485. The third kappa shape index (κ3) is 1.40. The monoisotopic (exact) mass is 170 g/mol. The van der Waals surface area contributed by atoms with E-state index >= 15 is 0 Å². The molecule has 0 aromatic heterocycles. The van der Waals surface area contributed by atoms with Gasteiger partial charge in [-0.3, -0.25) is 0 Å². The molecule has 3 heteroatoms. The molecule has 0 aromatic carbocycles. The van der Waals surface area contributed by atoms with Crippen molar-refractivity contribution in [2.24, 2.45) is 16.9 Å². The summed E-state index contributed by atoms with van der Waals surface area (Å²) < 4.78 is 0. The summed E-state index contributed by atoms with van der Waals surface area (Å²) in [6, 6.07) is -0.278. The summed E-state index contributed by atoms with van der Waals surface area (Å²) in [4.78, 5) is 0. The zero-order valence-electron chi connectivity index (χ0n) is 7.75. The van der Waals surface area contributed by atoms with E-state index in [1.807, 2.05) is 19.1 Å². The lowest BCUT2D eigenvalue weighted by Gasteiger charge is -2.43. The SMILES string of the molecule is CC1(O)CC=CC(C)(CN)C1N. The molecule has 70 valence electrons. The van der Waals surface area contributed by atoms with Gasteiger partial charge in [-0.15, -0.1) is 0 Å². The summed E-state index contributed by atoms with van der Waals surface area (Å²) >= 11 is 0. The molecule has 0 radical (unpaired) electrons. The van der Waals surface area contributed by atoms with E-state index in [1.165, 1.54) is 0 Å². The molecule has 1 rings (SSSR count). The predicted molar refractivity (Wildman–Crippen MR) is 49.5 cm³/mol. The van der Waals surface area contributed by atoms with Crippen LogP contribution in [0, 0.1) is 5.41 Å². The fraction of sp³-hybridized carbons (Fsp3) is 0.778. The van der Waals surface area contributed by atoms with Gasteiger partial charge in [0.2, 0.25) is 0 Å². The lowest BCUT2D eigenvalue weighted by Crippen LogP contribution is -2.58. The second-order valence-electron chi connectivity index (χ2n) is 4.15. The van der Waals surface area contributed by atoms with Crippen LogP contribution in [0.3, 0.4) is 0 Å². The van der Waals surface area contributed by atoms with E-state index < -0.39 is 5.60 Å². The van der Waals surface area contributed by atoms with Gasteiger partial charge < -0.3 is 16.6 Å². The van der Waals surface area contributed by atoms with E-state index in [4.69, 9.17) is 11.5 Å². The molecule has 0 amide bonds. The third-order valence-corrected chi connectivity index (χ3v) is 2.85. The Morgan fingerprint density at radius 1 is 1.58 bits per heavy atom. The standard InChI is InChI=1S/C9H18N2O/c1-8(6-10)4-3-5-9(2,12)7(8)11/h3-4,7,12H,5-6,10-11H2,1-2H3. The highest BCUT2D eigenvalue weighted by atomic mass is 16.3. The summed E-state index contributed by atoms with van der Waals surface area (Å²) in [6.07, 6.45) is 4.58. The summed E-state index contributed by atoms with van der Waals surface area (Å²) in [5.74, 6) is 0. The van der Waals surface area contributed by atoms with Crippen LogP contribution in [0.25, 0.3) is 0 Å². The van der Waals surface area contributed by atoms with Crippen molar-refractivity contribution in [3.63, 3.8) is 0 Å². The average Bonchev–Trinajstić information content (AvgIpc) is 2.00. The maximum absolute atomic E-state index is 9.88. The van der Waals surface area contributed by atoms with Gasteiger partial charge in [0.15, 0.2) is 0 Å². The molecule has 0 bridgehead atoms. The van der Waals surface area contributed by atoms with Crippen molar-refractivity contribution < 1.29 is 5.11 Å². The molecule has 0 aromatic rings. The van der Waals surface area contributed by atoms with Crippen molar-refractivity contribution in [1.29, 1.82) is 0 Å². The van der Waals surface area contributed by atoms with Crippen LogP contribution in [0.5, 0.6) is 0 Å². The van der Waals surface area contributed by atoms with Crippen LogP contribution in [-0.2, 0) is 0 Å². The van der Waals surface area contributed by atoms with Crippen molar-refractivity contribution in [3.05, 3.63) is 12.2 Å². The number of rotatable bonds is 1. The first-order valence-electron chi connectivity index (χ1n) is 4.28. The third-order valence-electron chi connectivity index (χ3n) is 2.85. The van der Waals surface area contributed by atoms with Crippen LogP contribution in [0.4, 0.5) is 0 Å². The molecule has 0 saturated heterocycles. The molecule has 0 saturated carbocycles. The fourth-order valence-electron chi connectivity index (χ4n) is 1.70. The highest BCUT2D eigenvalue weighted by Gasteiger charge is 2.42. The lowest BCUT2D eigenvalue weighted by atomic mass is 9.69. The molecule has 3 nitrogen and oxygen atoms in total. The Balaban J connectivity index is 2.93. The van der Waals surface area contributed by atoms with E-state index in [9.17, 15) is 5.11 Å². The topological polar surface area (TPSA) is 72.3 Å². The Hall–Kier alpha value is -0.380. The fourth-order valence-corrected chi connectivity index (χ4v) is 1.70. The van der Waals surface area contributed by atoms with Crippen molar-refractivity contribution in [2.45, 2.75) is 31.9 Å². The van der Waals surface area contributed by atoms with Gasteiger partial charge in [-0.25, -0.2) is 0 Å². The van der Waals surface area contributed by atoms with E-state index in [0.29, 0.717) is 13.0 Å². The van der Waals surface area contributed by atoms with Crippen LogP contribution < -0.4 is 11.5 Å². The van der Waals surface area contributed by atoms with Gasteiger partial charge >= 0.3 is 0 Å². The first-order chi connectivity index (χ1) is 5.42. The summed E-state index contributed by atoms with van der Waals surface area (Å²) in [7, 11) is 0. The number of hydrogen-bond donors (Lipinski definition) is 3. The van der Waals surface area contributed by atoms with E-state index in [1.54, 1.807) is 6.92 Å². The lowest BCUT2D eigenvalue weighted by molar-refractivity contribution is -0.00415. The zero-order valence-corrected chi connectivity index (χ0v) is 7.75. The zero-order chi connectivity index (χ0) is 9.41. The molecule has 5 N–H and O–H groups in total. The molecule has 12 heavy (non-hydrogen) atoms. The van der Waals surface area contributed by atoms with Gasteiger partial charge in [0.1, 0.15) is 0 Å². The highest BCUT2D eigenvalue weighted by Crippen LogP contribution is 2.34. The Bertz CT molecular complexity index is 201.